The Kier molecular flexibility index (Phi) is 5.73. The Bertz CT molecular complexity index is 834. The predicted octanol–water partition coefficient (Wildman–Crippen LogP) is 3.45. The van der Waals surface area contributed by atoms with E-state index in [-0.39, 0.29) is 10.8 Å². The van der Waals surface area contributed by atoms with Crippen LogP contribution >= 0.6 is 0 Å². The van der Waals surface area contributed by atoms with Crippen molar-refractivity contribution >= 4 is 0 Å². The average Bonchev–Trinajstić information content (AvgIpc) is 3.14. The van der Waals surface area contributed by atoms with E-state index in [1.807, 2.05) is 0 Å². The van der Waals surface area contributed by atoms with Crippen LogP contribution in [0.3, 0.4) is 0 Å². The average molecular weight is 382 g/mol. The van der Waals surface area contributed by atoms with Crippen molar-refractivity contribution in [1.82, 2.24) is 14.1 Å². The van der Waals surface area contributed by atoms with Crippen LogP contribution in [0.2, 0.25) is 0 Å². The van der Waals surface area contributed by atoms with Crippen molar-refractivity contribution in [2.75, 3.05) is 0 Å². The maximum atomic E-state index is 4.87. The van der Waals surface area contributed by atoms with Gasteiger partial charge in [0.2, 0.25) is 12.7 Å². The third-order valence-corrected chi connectivity index (χ3v) is 4.36. The van der Waals surface area contributed by atoms with Gasteiger partial charge in [0, 0.05) is 0 Å². The molecule has 0 aliphatic rings. The second-order valence-electron chi connectivity index (χ2n) is 10.3. The third-order valence-electron chi connectivity index (χ3n) is 4.36. The maximum Gasteiger partial charge on any atom is 0.244 e. The molecule has 0 aromatic carbocycles. The van der Waals surface area contributed by atoms with Crippen LogP contribution in [0.5, 0.6) is 0 Å². The number of aromatic nitrogens is 5. The van der Waals surface area contributed by atoms with Gasteiger partial charge in [0.1, 0.15) is 37.9 Å². The van der Waals surface area contributed by atoms with E-state index < -0.39 is 0 Å². The van der Waals surface area contributed by atoms with Gasteiger partial charge in [-0.15, -0.1) is 0 Å². The van der Waals surface area contributed by atoms with Gasteiger partial charge in [0.05, 0.1) is 24.5 Å². The fourth-order valence-corrected chi connectivity index (χ4v) is 3.43. The lowest BCUT2D eigenvalue weighted by atomic mass is 9.97. The molecular formula is C23H35N5+2. The minimum Gasteiger partial charge on any atom is -0.250 e. The van der Waals surface area contributed by atoms with Gasteiger partial charge in [-0.1, -0.05) is 47.6 Å². The Morgan fingerprint density at radius 2 is 1.18 bits per heavy atom. The summed E-state index contributed by atoms with van der Waals surface area (Å²) in [6, 6.07) is 6.32. The summed E-state index contributed by atoms with van der Waals surface area (Å²) in [5, 5.41) is 0. The molecule has 0 aliphatic carbocycles. The summed E-state index contributed by atoms with van der Waals surface area (Å²) in [6.45, 7) is 17.2. The second kappa shape index (κ2) is 7.90. The van der Waals surface area contributed by atoms with Gasteiger partial charge < -0.3 is 0 Å². The number of nitrogens with zero attached hydrogens (tertiary/aromatic N) is 5. The van der Waals surface area contributed by atoms with Crippen molar-refractivity contribution in [2.45, 2.75) is 67.7 Å². The third kappa shape index (κ3) is 6.32. The molecule has 0 saturated heterocycles. The van der Waals surface area contributed by atoms with Gasteiger partial charge in [-0.2, -0.15) is 0 Å². The molecule has 5 heteroatoms. The van der Waals surface area contributed by atoms with Gasteiger partial charge >= 0.3 is 0 Å². The summed E-state index contributed by atoms with van der Waals surface area (Å²) < 4.78 is 8.89. The van der Waals surface area contributed by atoms with Crippen molar-refractivity contribution in [1.29, 1.82) is 0 Å². The molecule has 0 spiro atoms. The Hall–Kier alpha value is -2.43. The van der Waals surface area contributed by atoms with Crippen molar-refractivity contribution in [3.05, 3.63) is 67.0 Å². The Morgan fingerprint density at radius 1 is 0.750 bits per heavy atom. The molecule has 0 atom stereocenters. The lowest BCUT2D eigenvalue weighted by Gasteiger charge is -2.14. The van der Waals surface area contributed by atoms with Crippen molar-refractivity contribution in [3.8, 4) is 0 Å². The van der Waals surface area contributed by atoms with Crippen LogP contribution in [-0.2, 0) is 26.2 Å². The zero-order chi connectivity index (χ0) is 20.4. The minimum atomic E-state index is 0.273. The lowest BCUT2D eigenvalue weighted by Crippen LogP contribution is -2.34. The Balaban J connectivity index is 1.64. The zero-order valence-electron chi connectivity index (χ0n) is 18.3. The first kappa shape index (κ1) is 20.3. The summed E-state index contributed by atoms with van der Waals surface area (Å²) in [5.41, 5.74) is 2.72. The van der Waals surface area contributed by atoms with Gasteiger partial charge in [-0.3, -0.25) is 0 Å². The molecule has 3 heterocycles. The summed E-state index contributed by atoms with van der Waals surface area (Å²) in [5.74, 6) is 0. The molecule has 28 heavy (non-hydrogen) atoms. The summed E-state index contributed by atoms with van der Waals surface area (Å²) in [7, 11) is 0. The largest absolute Gasteiger partial charge is 0.250 e. The quantitative estimate of drug-likeness (QED) is 0.602. The molecule has 0 aliphatic heterocycles. The van der Waals surface area contributed by atoms with Crippen LogP contribution in [0.4, 0.5) is 0 Å². The molecule has 0 N–H and O–H groups in total. The van der Waals surface area contributed by atoms with E-state index in [1.165, 1.54) is 0 Å². The first-order valence-electron chi connectivity index (χ1n) is 10.1. The van der Waals surface area contributed by atoms with Crippen LogP contribution in [0.1, 0.15) is 52.9 Å². The van der Waals surface area contributed by atoms with Gasteiger partial charge in [0.25, 0.3) is 0 Å². The highest BCUT2D eigenvalue weighted by Gasteiger charge is 2.17. The first-order valence-corrected chi connectivity index (χ1v) is 10.1. The van der Waals surface area contributed by atoms with Crippen LogP contribution in [-0.4, -0.2) is 14.1 Å². The van der Waals surface area contributed by atoms with E-state index in [0.717, 1.165) is 37.6 Å². The Labute approximate surface area is 169 Å². The van der Waals surface area contributed by atoms with Gasteiger partial charge in [-0.05, 0) is 23.0 Å². The molecular weight excluding hydrogens is 346 g/mol. The fraction of sp³-hybridized carbons (Fsp3) is 0.522. The number of pyridine rings is 1. The molecule has 3 rings (SSSR count). The molecule has 0 bridgehead atoms. The van der Waals surface area contributed by atoms with E-state index in [9.17, 15) is 0 Å². The van der Waals surface area contributed by atoms with Crippen LogP contribution in [0.25, 0.3) is 0 Å². The Morgan fingerprint density at radius 3 is 1.57 bits per heavy atom. The highest BCUT2D eigenvalue weighted by Crippen LogP contribution is 2.16. The van der Waals surface area contributed by atoms with Crippen molar-refractivity contribution < 1.29 is 9.13 Å². The normalized spacial score (nSPS) is 12.5. The molecule has 0 radical (unpaired) electrons. The molecule has 0 amide bonds. The molecule has 0 unspecified atom stereocenters. The van der Waals surface area contributed by atoms with Gasteiger partial charge in [0.15, 0.2) is 0 Å². The molecule has 3 aromatic heterocycles. The topological polar surface area (TPSA) is 30.5 Å². The maximum absolute atomic E-state index is 4.87. The van der Waals surface area contributed by atoms with E-state index in [1.54, 1.807) is 0 Å². The highest BCUT2D eigenvalue weighted by molar-refractivity contribution is 5.09. The van der Waals surface area contributed by atoms with E-state index in [4.69, 9.17) is 4.98 Å². The van der Waals surface area contributed by atoms with E-state index in [0.29, 0.717) is 0 Å². The number of hydrogen-bond acceptors (Lipinski definition) is 1. The van der Waals surface area contributed by atoms with E-state index in [2.05, 4.69) is 115 Å². The van der Waals surface area contributed by atoms with Crippen molar-refractivity contribution in [2.24, 2.45) is 10.8 Å². The monoisotopic (exact) mass is 381 g/mol. The predicted molar refractivity (Wildman–Crippen MR) is 111 cm³/mol. The molecule has 5 nitrogen and oxygen atoms in total. The first-order chi connectivity index (χ1) is 13.1. The van der Waals surface area contributed by atoms with Crippen LogP contribution in [0, 0.1) is 10.8 Å². The zero-order valence-corrected chi connectivity index (χ0v) is 18.3. The van der Waals surface area contributed by atoms with Crippen LogP contribution in [0.15, 0.2) is 55.6 Å². The molecule has 0 fully saturated rings. The lowest BCUT2D eigenvalue weighted by molar-refractivity contribution is -0.689. The summed E-state index contributed by atoms with van der Waals surface area (Å²) in [4.78, 5) is 4.87. The minimum absolute atomic E-state index is 0.273. The number of imidazole rings is 2. The van der Waals surface area contributed by atoms with Crippen molar-refractivity contribution in [3.63, 3.8) is 0 Å². The fourth-order valence-electron chi connectivity index (χ4n) is 3.43. The van der Waals surface area contributed by atoms with Crippen LogP contribution < -0.4 is 9.13 Å². The van der Waals surface area contributed by atoms with E-state index >= 15 is 0 Å². The SMILES string of the molecule is CC(C)(C)Cn1cc[n+](Cc2cccc(C[n+]3ccn(CC(C)(C)C)c3)n2)c1. The molecule has 3 aromatic rings. The highest BCUT2D eigenvalue weighted by atomic mass is 15.1. The number of rotatable bonds is 6. The summed E-state index contributed by atoms with van der Waals surface area (Å²) >= 11 is 0. The second-order valence-corrected chi connectivity index (χ2v) is 10.3. The number of hydrogen-bond donors (Lipinski definition) is 0. The molecule has 150 valence electrons. The molecule has 0 saturated carbocycles. The van der Waals surface area contributed by atoms with Gasteiger partial charge in [-0.25, -0.2) is 23.3 Å². The summed E-state index contributed by atoms with van der Waals surface area (Å²) in [6.07, 6.45) is 12.9. The smallest absolute Gasteiger partial charge is 0.244 e. The standard InChI is InChI=1S/C23H35N5/c1-22(2,3)16-27-12-10-25(18-27)14-20-8-7-9-21(24-20)15-26-11-13-28(19-26)17-23(4,5)6/h7-13,18-19H,14-17H2,1-6H3/q+2.